The number of ether oxygens (including phenoxy) is 2. The molecule has 200 valence electrons. The van der Waals surface area contributed by atoms with Crippen LogP contribution in [0.15, 0.2) is 36.5 Å². The number of pyridine rings is 1. The van der Waals surface area contributed by atoms with Gasteiger partial charge in [-0.1, -0.05) is 30.7 Å². The maximum absolute atomic E-state index is 14.2. The number of hydrogen-bond acceptors (Lipinski definition) is 5. The first kappa shape index (κ1) is 27.6. The van der Waals surface area contributed by atoms with Crippen LogP contribution in [0.4, 0.5) is 33.3 Å². The zero-order chi connectivity index (χ0) is 28.4. The van der Waals surface area contributed by atoms with Gasteiger partial charge in [0.15, 0.2) is 5.69 Å². The van der Waals surface area contributed by atoms with E-state index in [0.29, 0.717) is 39.2 Å². The maximum atomic E-state index is 14.2. The molecule has 6 nitrogen and oxygen atoms in total. The Hall–Kier alpha value is -4.43. The van der Waals surface area contributed by atoms with Crippen LogP contribution in [0.1, 0.15) is 28.4 Å². The number of fused-ring (bicyclic) bond motifs is 1. The molecule has 1 N–H and O–H groups in total. The van der Waals surface area contributed by atoms with E-state index in [1.165, 1.54) is 13.2 Å². The van der Waals surface area contributed by atoms with Crippen LogP contribution in [-0.4, -0.2) is 18.1 Å². The number of hydrogen-bond donors (Lipinski definition) is 1. The van der Waals surface area contributed by atoms with Crippen molar-refractivity contribution in [3.05, 3.63) is 98.7 Å². The van der Waals surface area contributed by atoms with Gasteiger partial charge in [-0.15, -0.1) is 0 Å². The molecule has 0 saturated heterocycles. The third-order valence-corrected chi connectivity index (χ3v) is 6.11. The molecule has 0 amide bonds. The van der Waals surface area contributed by atoms with Crippen molar-refractivity contribution in [1.82, 2.24) is 4.98 Å². The lowest BCUT2D eigenvalue weighted by Crippen LogP contribution is -2.16. The number of methoxy groups -OCH3 is 1. The lowest BCUT2D eigenvalue weighted by Gasteiger charge is -2.17. The van der Waals surface area contributed by atoms with Crippen molar-refractivity contribution >= 4 is 39.8 Å². The molecule has 0 spiro atoms. The van der Waals surface area contributed by atoms with Gasteiger partial charge >= 0.3 is 5.97 Å². The number of nitrogens with zero attached hydrogens (tertiary/aromatic N) is 2. The smallest absolute Gasteiger partial charge is 0.347 e. The molecule has 0 aliphatic rings. The van der Waals surface area contributed by atoms with Crippen molar-refractivity contribution in [1.29, 1.82) is 0 Å². The first-order valence-electron chi connectivity index (χ1n) is 11.2. The largest absolute Gasteiger partial charge is 0.495 e. The average Bonchev–Trinajstić information content (AvgIpc) is 2.95. The minimum Gasteiger partial charge on any atom is -0.495 e. The van der Waals surface area contributed by atoms with E-state index in [9.17, 15) is 26.7 Å². The number of aryl methyl sites for hydroxylation is 1. The summed E-state index contributed by atoms with van der Waals surface area (Å²) in [6.45, 7) is 9.33. The fourth-order valence-corrected chi connectivity index (χ4v) is 4.15. The van der Waals surface area contributed by atoms with Crippen LogP contribution < -0.4 is 14.8 Å². The van der Waals surface area contributed by atoms with Crippen LogP contribution in [-0.2, 0) is 13.0 Å². The molecule has 4 rings (SSSR count). The van der Waals surface area contributed by atoms with Crippen molar-refractivity contribution < 1.29 is 36.2 Å². The topological polar surface area (TPSA) is 64.8 Å². The highest BCUT2D eigenvalue weighted by Gasteiger charge is 2.30. The summed E-state index contributed by atoms with van der Waals surface area (Å²) < 4.78 is 79.0. The van der Waals surface area contributed by atoms with E-state index >= 15 is 0 Å². The van der Waals surface area contributed by atoms with Gasteiger partial charge in [-0.3, -0.25) is 4.98 Å². The number of esters is 1. The van der Waals surface area contributed by atoms with Gasteiger partial charge in [-0.25, -0.2) is 22.8 Å². The first-order valence-corrected chi connectivity index (χ1v) is 11.6. The van der Waals surface area contributed by atoms with Crippen LogP contribution in [0.5, 0.6) is 11.5 Å². The van der Waals surface area contributed by atoms with E-state index in [2.05, 4.69) is 19.9 Å². The second-order valence-electron chi connectivity index (χ2n) is 8.12. The molecule has 12 heteroatoms. The normalized spacial score (nSPS) is 10.8. The molecular weight excluding hydrogens is 545 g/mol. The standard InChI is InChI=1S/C27H17ClF5N3O3/c1-4-13-8-14(34-2)9-15-24(13)36-11-16(25(15)35-10-12-5-6-18(38-3)17(28)7-12)27(37)39-26-22(32)20(30)19(29)21(31)23(26)33/h5-9,11H,4,10H2,1,3H3,(H,35,36). The lowest BCUT2D eigenvalue weighted by molar-refractivity contribution is 0.0716. The Balaban J connectivity index is 1.84. The van der Waals surface area contributed by atoms with Gasteiger partial charge < -0.3 is 14.8 Å². The van der Waals surface area contributed by atoms with Crippen LogP contribution in [0.2, 0.25) is 5.02 Å². The third kappa shape index (κ3) is 5.15. The van der Waals surface area contributed by atoms with Crippen molar-refractivity contribution in [2.24, 2.45) is 0 Å². The SMILES string of the molecule is [C-]#[N+]c1cc(CC)c2ncc(C(=O)Oc3c(F)c(F)c(F)c(F)c3F)c(NCc3ccc(OC)c(Cl)c3)c2c1. The summed E-state index contributed by atoms with van der Waals surface area (Å²) in [5, 5.41) is 3.64. The monoisotopic (exact) mass is 561 g/mol. The van der Waals surface area contributed by atoms with E-state index in [-0.39, 0.29) is 23.5 Å². The molecule has 3 aromatic carbocycles. The number of benzene rings is 3. The van der Waals surface area contributed by atoms with E-state index < -0.39 is 40.8 Å². The molecule has 0 unspecified atom stereocenters. The zero-order valence-electron chi connectivity index (χ0n) is 20.3. The van der Waals surface area contributed by atoms with Gasteiger partial charge in [-0.05, 0) is 35.7 Å². The Kier molecular flexibility index (Phi) is 7.88. The zero-order valence-corrected chi connectivity index (χ0v) is 21.0. The van der Waals surface area contributed by atoms with Gasteiger partial charge in [0.1, 0.15) is 11.3 Å². The molecule has 0 atom stereocenters. The number of aromatic nitrogens is 1. The number of nitrogens with one attached hydrogen (secondary N) is 1. The van der Waals surface area contributed by atoms with Crippen molar-refractivity contribution in [3.63, 3.8) is 0 Å². The van der Waals surface area contributed by atoms with Gasteiger partial charge in [-0.2, -0.15) is 8.78 Å². The van der Waals surface area contributed by atoms with Crippen LogP contribution in [0.25, 0.3) is 15.7 Å². The second-order valence-corrected chi connectivity index (χ2v) is 8.53. The van der Waals surface area contributed by atoms with E-state index in [1.807, 2.05) is 6.92 Å². The molecule has 0 bridgehead atoms. The van der Waals surface area contributed by atoms with Crippen molar-refractivity contribution in [2.45, 2.75) is 19.9 Å². The highest BCUT2D eigenvalue weighted by atomic mass is 35.5. The van der Waals surface area contributed by atoms with Gasteiger partial charge in [0.25, 0.3) is 0 Å². The average molecular weight is 562 g/mol. The molecule has 4 aromatic rings. The van der Waals surface area contributed by atoms with Crippen molar-refractivity contribution in [2.75, 3.05) is 12.4 Å². The summed E-state index contributed by atoms with van der Waals surface area (Å²) in [4.78, 5) is 20.8. The van der Waals surface area contributed by atoms with Crippen LogP contribution >= 0.6 is 11.6 Å². The molecular formula is C27H17ClF5N3O3. The third-order valence-electron chi connectivity index (χ3n) is 5.81. The van der Waals surface area contributed by atoms with Crippen LogP contribution in [0, 0.1) is 35.7 Å². The predicted molar refractivity (Wildman–Crippen MR) is 134 cm³/mol. The summed E-state index contributed by atoms with van der Waals surface area (Å²) in [5.74, 6) is -14.3. The molecule has 0 saturated carbocycles. The van der Waals surface area contributed by atoms with E-state index in [0.717, 1.165) is 6.20 Å². The number of halogens is 6. The Morgan fingerprint density at radius 1 is 1.05 bits per heavy atom. The minimum absolute atomic E-state index is 0.0565. The summed E-state index contributed by atoms with van der Waals surface area (Å²) in [6, 6.07) is 7.99. The lowest BCUT2D eigenvalue weighted by atomic mass is 10.0. The molecule has 0 aliphatic heterocycles. The summed E-state index contributed by atoms with van der Waals surface area (Å²) in [6.07, 6.45) is 1.53. The number of anilines is 1. The van der Waals surface area contributed by atoms with E-state index in [1.54, 1.807) is 24.3 Å². The molecule has 0 aliphatic carbocycles. The fourth-order valence-electron chi connectivity index (χ4n) is 3.87. The summed E-state index contributed by atoms with van der Waals surface area (Å²) in [5.41, 5.74) is 1.64. The van der Waals surface area contributed by atoms with Gasteiger partial charge in [0.2, 0.25) is 34.8 Å². The fraction of sp³-hybridized carbons (Fsp3) is 0.148. The Bertz CT molecular complexity index is 1640. The maximum Gasteiger partial charge on any atom is 0.347 e. The predicted octanol–water partition coefficient (Wildman–Crippen LogP) is 7.54. The molecule has 39 heavy (non-hydrogen) atoms. The van der Waals surface area contributed by atoms with E-state index in [4.69, 9.17) is 22.9 Å². The second kappa shape index (κ2) is 11.1. The summed E-state index contributed by atoms with van der Waals surface area (Å²) >= 11 is 6.19. The minimum atomic E-state index is -2.39. The Morgan fingerprint density at radius 3 is 2.31 bits per heavy atom. The molecule has 1 aromatic heterocycles. The number of carbonyl (C=O) groups is 1. The molecule has 0 fully saturated rings. The van der Waals surface area contributed by atoms with Gasteiger partial charge in [0, 0.05) is 18.1 Å². The number of carbonyl (C=O) groups excluding carboxylic acids is 1. The van der Waals surface area contributed by atoms with Crippen LogP contribution in [0.3, 0.4) is 0 Å². The highest BCUT2D eigenvalue weighted by Crippen LogP contribution is 2.35. The van der Waals surface area contributed by atoms with Gasteiger partial charge in [0.05, 0.1) is 29.9 Å². The quantitative estimate of drug-likeness (QED) is 0.0631. The molecule has 0 radical (unpaired) electrons. The highest BCUT2D eigenvalue weighted by molar-refractivity contribution is 6.32. The Labute approximate surface area is 223 Å². The Morgan fingerprint density at radius 2 is 1.72 bits per heavy atom. The first-order chi connectivity index (χ1) is 18.6. The number of rotatable bonds is 7. The summed E-state index contributed by atoms with van der Waals surface area (Å²) in [7, 11) is 1.45. The molecule has 1 heterocycles. The van der Waals surface area contributed by atoms with Crippen molar-refractivity contribution in [3.8, 4) is 11.5 Å².